The van der Waals surface area contributed by atoms with Crippen molar-refractivity contribution < 1.29 is 0 Å². The Kier molecular flexibility index (Phi) is 4.31. The molecule has 1 heteroatoms. The monoisotopic (exact) mass is 154 g/mol. The van der Waals surface area contributed by atoms with Gasteiger partial charge in [-0.1, -0.05) is 18.9 Å². The molecule has 0 spiro atoms. The van der Waals surface area contributed by atoms with E-state index in [0.717, 1.165) is 6.42 Å². The molecular weight excluding hydrogens is 140 g/mol. The lowest BCUT2D eigenvalue weighted by molar-refractivity contribution is 0.858. The van der Waals surface area contributed by atoms with Crippen LogP contribution in [-0.2, 0) is 0 Å². The Morgan fingerprint density at radius 2 is 2.30 bits per heavy atom. The van der Waals surface area contributed by atoms with E-state index < -0.39 is 0 Å². The molecule has 56 valence electrons. The van der Waals surface area contributed by atoms with Crippen LogP contribution in [0.1, 0.15) is 20.3 Å². The first-order chi connectivity index (χ1) is 4.74. The summed E-state index contributed by atoms with van der Waals surface area (Å²) in [6.45, 7) is 7.76. The minimum atomic E-state index is -0.00521. The van der Waals surface area contributed by atoms with Gasteiger partial charge in [-0.25, -0.2) is 0 Å². The Hall–Kier alpha value is -0.350. The summed E-state index contributed by atoms with van der Waals surface area (Å²) in [7, 11) is 0. The van der Waals surface area contributed by atoms with E-state index in [9.17, 15) is 0 Å². The molecule has 1 unspecified atom stereocenters. The SMILES string of the molecule is C=CC(C#CC)(CC)SC. The summed E-state index contributed by atoms with van der Waals surface area (Å²) in [6.07, 6.45) is 5.02. The molecule has 0 N–H and O–H groups in total. The second kappa shape index (κ2) is 4.46. The topological polar surface area (TPSA) is 0 Å². The molecule has 0 rings (SSSR count). The number of rotatable bonds is 3. The zero-order chi connectivity index (χ0) is 8.04. The van der Waals surface area contributed by atoms with Crippen LogP contribution < -0.4 is 0 Å². The maximum Gasteiger partial charge on any atom is 0.0936 e. The maximum atomic E-state index is 3.77. The largest absolute Gasteiger partial charge is 0.141 e. The van der Waals surface area contributed by atoms with E-state index in [-0.39, 0.29) is 4.75 Å². The van der Waals surface area contributed by atoms with Crippen molar-refractivity contribution >= 4 is 11.8 Å². The van der Waals surface area contributed by atoms with Crippen molar-refractivity contribution in [2.75, 3.05) is 6.26 Å². The molecule has 0 aromatic rings. The molecule has 0 aliphatic rings. The van der Waals surface area contributed by atoms with Crippen LogP contribution in [0, 0.1) is 11.8 Å². The molecule has 0 aromatic heterocycles. The Morgan fingerprint density at radius 1 is 1.70 bits per heavy atom. The summed E-state index contributed by atoms with van der Waals surface area (Å²) >= 11 is 1.75. The number of hydrogen-bond donors (Lipinski definition) is 0. The predicted molar refractivity (Wildman–Crippen MR) is 50.2 cm³/mol. The van der Waals surface area contributed by atoms with Crippen LogP contribution in [-0.4, -0.2) is 11.0 Å². The quantitative estimate of drug-likeness (QED) is 0.445. The van der Waals surface area contributed by atoms with E-state index in [4.69, 9.17) is 0 Å². The van der Waals surface area contributed by atoms with E-state index in [1.165, 1.54) is 0 Å². The van der Waals surface area contributed by atoms with Crippen LogP contribution in [0.15, 0.2) is 12.7 Å². The highest BCUT2D eigenvalue weighted by atomic mass is 32.2. The molecule has 0 nitrogen and oxygen atoms in total. The number of hydrogen-bond acceptors (Lipinski definition) is 1. The van der Waals surface area contributed by atoms with Crippen molar-refractivity contribution in [1.29, 1.82) is 0 Å². The Labute approximate surface area is 68.1 Å². The zero-order valence-electron chi connectivity index (χ0n) is 6.90. The van der Waals surface area contributed by atoms with Gasteiger partial charge in [-0.15, -0.1) is 24.3 Å². The third-order valence-corrected chi connectivity index (χ3v) is 2.84. The van der Waals surface area contributed by atoms with Gasteiger partial charge in [0.1, 0.15) is 0 Å². The summed E-state index contributed by atoms with van der Waals surface area (Å²) in [4.78, 5) is 0. The van der Waals surface area contributed by atoms with Crippen LogP contribution in [0.2, 0.25) is 0 Å². The number of thioether (sulfide) groups is 1. The summed E-state index contributed by atoms with van der Waals surface area (Å²) < 4.78 is -0.00521. The Morgan fingerprint density at radius 3 is 2.40 bits per heavy atom. The van der Waals surface area contributed by atoms with Gasteiger partial charge in [0.15, 0.2) is 0 Å². The fourth-order valence-corrected chi connectivity index (χ4v) is 1.43. The molecule has 0 amide bonds. The van der Waals surface area contributed by atoms with Gasteiger partial charge < -0.3 is 0 Å². The van der Waals surface area contributed by atoms with Gasteiger partial charge in [0.25, 0.3) is 0 Å². The normalized spacial score (nSPS) is 14.7. The highest BCUT2D eigenvalue weighted by Gasteiger charge is 2.18. The first-order valence-corrected chi connectivity index (χ1v) is 4.59. The summed E-state index contributed by atoms with van der Waals surface area (Å²) in [5.41, 5.74) is 0. The van der Waals surface area contributed by atoms with E-state index in [1.54, 1.807) is 11.8 Å². The van der Waals surface area contributed by atoms with E-state index >= 15 is 0 Å². The molecular formula is C9H14S. The van der Waals surface area contributed by atoms with Gasteiger partial charge >= 0.3 is 0 Å². The second-order valence-corrected chi connectivity index (χ2v) is 3.16. The van der Waals surface area contributed by atoms with Gasteiger partial charge in [0.05, 0.1) is 4.75 Å². The lowest BCUT2D eigenvalue weighted by Crippen LogP contribution is -2.16. The van der Waals surface area contributed by atoms with Crippen molar-refractivity contribution in [2.45, 2.75) is 25.0 Å². The van der Waals surface area contributed by atoms with E-state index in [0.29, 0.717) is 0 Å². The van der Waals surface area contributed by atoms with E-state index in [2.05, 4.69) is 31.6 Å². The lowest BCUT2D eigenvalue weighted by Gasteiger charge is -2.19. The first-order valence-electron chi connectivity index (χ1n) is 3.37. The van der Waals surface area contributed by atoms with Gasteiger partial charge in [-0.2, -0.15) is 0 Å². The average molecular weight is 154 g/mol. The van der Waals surface area contributed by atoms with Gasteiger partial charge in [0.2, 0.25) is 0 Å². The molecule has 0 aliphatic carbocycles. The summed E-state index contributed by atoms with van der Waals surface area (Å²) in [5, 5.41) is 0. The van der Waals surface area contributed by atoms with Crippen molar-refractivity contribution in [3.8, 4) is 11.8 Å². The molecule has 0 heterocycles. The molecule has 0 fully saturated rings. The summed E-state index contributed by atoms with van der Waals surface area (Å²) in [6, 6.07) is 0. The fraction of sp³-hybridized carbons (Fsp3) is 0.556. The molecule has 10 heavy (non-hydrogen) atoms. The maximum absolute atomic E-state index is 3.77. The second-order valence-electron chi connectivity index (χ2n) is 2.03. The smallest absolute Gasteiger partial charge is 0.0936 e. The van der Waals surface area contributed by atoms with Crippen LogP contribution in [0.5, 0.6) is 0 Å². The average Bonchev–Trinajstić information content (AvgIpc) is 2.01. The molecule has 0 aromatic carbocycles. The first kappa shape index (κ1) is 9.65. The van der Waals surface area contributed by atoms with Gasteiger partial charge in [-0.3, -0.25) is 0 Å². The summed E-state index contributed by atoms with van der Waals surface area (Å²) in [5.74, 6) is 6.06. The molecule has 0 saturated heterocycles. The van der Waals surface area contributed by atoms with Gasteiger partial charge in [-0.05, 0) is 19.6 Å². The molecule has 0 bridgehead atoms. The lowest BCUT2D eigenvalue weighted by atomic mass is 10.1. The van der Waals surface area contributed by atoms with Crippen LogP contribution >= 0.6 is 11.8 Å². The van der Waals surface area contributed by atoms with E-state index in [1.807, 2.05) is 13.0 Å². The minimum Gasteiger partial charge on any atom is -0.141 e. The Balaban J connectivity index is 4.40. The van der Waals surface area contributed by atoms with Crippen LogP contribution in [0.25, 0.3) is 0 Å². The van der Waals surface area contributed by atoms with Crippen molar-refractivity contribution in [3.63, 3.8) is 0 Å². The molecule has 1 atom stereocenters. The predicted octanol–water partition coefficient (Wildman–Crippen LogP) is 2.71. The van der Waals surface area contributed by atoms with Crippen molar-refractivity contribution in [3.05, 3.63) is 12.7 Å². The van der Waals surface area contributed by atoms with Crippen LogP contribution in [0.3, 0.4) is 0 Å². The third kappa shape index (κ3) is 2.11. The standard InChI is InChI=1S/C9H14S/c1-5-8-9(6-2,7-3)10-4/h6H,2,7H2,1,3-4H3. The molecule has 0 radical (unpaired) electrons. The van der Waals surface area contributed by atoms with Gasteiger partial charge in [0, 0.05) is 0 Å². The van der Waals surface area contributed by atoms with Crippen LogP contribution in [0.4, 0.5) is 0 Å². The molecule has 0 saturated carbocycles. The Bertz CT molecular complexity index is 155. The minimum absolute atomic E-state index is 0.00521. The van der Waals surface area contributed by atoms with Crippen molar-refractivity contribution in [1.82, 2.24) is 0 Å². The third-order valence-electron chi connectivity index (χ3n) is 1.56. The highest BCUT2D eigenvalue weighted by molar-refractivity contribution is 8.00. The zero-order valence-corrected chi connectivity index (χ0v) is 7.72. The highest BCUT2D eigenvalue weighted by Crippen LogP contribution is 2.26. The van der Waals surface area contributed by atoms with Crippen molar-refractivity contribution in [2.24, 2.45) is 0 Å². The molecule has 0 aliphatic heterocycles. The fourth-order valence-electron chi connectivity index (χ4n) is 0.774.